The van der Waals surface area contributed by atoms with E-state index in [1.165, 1.54) is 0 Å². The van der Waals surface area contributed by atoms with Crippen molar-refractivity contribution in [1.82, 2.24) is 19.4 Å². The first-order valence-corrected chi connectivity index (χ1v) is 8.89. The van der Waals surface area contributed by atoms with Crippen LogP contribution in [0.15, 0.2) is 59.5 Å². The molecule has 1 N–H and O–H groups in total. The van der Waals surface area contributed by atoms with E-state index in [1.54, 1.807) is 23.1 Å². The molecule has 2 heterocycles. The molecule has 6 heteroatoms. The van der Waals surface area contributed by atoms with E-state index >= 15 is 0 Å². The first-order valence-electron chi connectivity index (χ1n) is 8.89. The molecule has 0 bridgehead atoms. The van der Waals surface area contributed by atoms with Crippen LogP contribution >= 0.6 is 0 Å². The average molecular weight is 360 g/mol. The second-order valence-corrected chi connectivity index (χ2v) is 6.52. The fraction of sp³-hybridized carbons (Fsp3) is 0.190. The van der Waals surface area contributed by atoms with E-state index in [0.717, 1.165) is 10.9 Å². The molecule has 6 nitrogen and oxygen atoms in total. The topological polar surface area (TPSA) is 71.0 Å². The van der Waals surface area contributed by atoms with Crippen LogP contribution in [0.25, 0.3) is 21.8 Å². The predicted octanol–water partition coefficient (Wildman–Crippen LogP) is 3.08. The molecule has 0 radical (unpaired) electrons. The van der Waals surface area contributed by atoms with E-state index in [-0.39, 0.29) is 18.0 Å². The second-order valence-electron chi connectivity index (χ2n) is 6.52. The van der Waals surface area contributed by atoms with Crippen LogP contribution in [0.2, 0.25) is 0 Å². The van der Waals surface area contributed by atoms with Crippen LogP contribution < -0.4 is 5.56 Å². The van der Waals surface area contributed by atoms with Crippen LogP contribution in [0.4, 0.5) is 0 Å². The number of H-pyrrole nitrogens is 1. The van der Waals surface area contributed by atoms with Gasteiger partial charge in [-0.1, -0.05) is 30.3 Å². The lowest BCUT2D eigenvalue weighted by atomic mass is 10.1. The van der Waals surface area contributed by atoms with Crippen molar-refractivity contribution in [2.24, 2.45) is 7.05 Å². The average Bonchev–Trinajstić information content (AvgIpc) is 3.03. The highest BCUT2D eigenvalue weighted by Crippen LogP contribution is 2.22. The Hall–Kier alpha value is -3.41. The molecule has 2 aromatic heterocycles. The molecule has 0 fully saturated rings. The maximum atomic E-state index is 13.1. The standard InChI is InChI=1S/C21H20N4O2/c1-3-25(13-19-22-17-10-6-4-9-15(17)20(26)23-19)21(27)16-12-24(2)18-11-7-5-8-14(16)18/h4-12H,3,13H2,1-2H3,(H,22,23,26). The van der Waals surface area contributed by atoms with Gasteiger partial charge in [0.25, 0.3) is 11.5 Å². The van der Waals surface area contributed by atoms with Crippen molar-refractivity contribution >= 4 is 27.7 Å². The Kier molecular flexibility index (Phi) is 4.24. The van der Waals surface area contributed by atoms with Gasteiger partial charge >= 0.3 is 0 Å². The predicted molar refractivity (Wildman–Crippen MR) is 106 cm³/mol. The largest absolute Gasteiger partial charge is 0.350 e. The number of aryl methyl sites for hydroxylation is 1. The van der Waals surface area contributed by atoms with Gasteiger partial charge < -0.3 is 14.5 Å². The summed E-state index contributed by atoms with van der Waals surface area (Å²) in [7, 11) is 1.93. The zero-order valence-corrected chi connectivity index (χ0v) is 15.3. The van der Waals surface area contributed by atoms with E-state index in [9.17, 15) is 9.59 Å². The number of hydrogen-bond donors (Lipinski definition) is 1. The zero-order valence-electron chi connectivity index (χ0n) is 15.3. The van der Waals surface area contributed by atoms with Crippen molar-refractivity contribution in [2.45, 2.75) is 13.5 Å². The summed E-state index contributed by atoms with van der Waals surface area (Å²) in [4.78, 5) is 34.4. The Balaban J connectivity index is 1.70. The van der Waals surface area contributed by atoms with E-state index in [0.29, 0.717) is 28.8 Å². The molecular formula is C21H20N4O2. The number of amides is 1. The van der Waals surface area contributed by atoms with Crippen LogP contribution in [0.5, 0.6) is 0 Å². The number of nitrogens with zero attached hydrogens (tertiary/aromatic N) is 3. The summed E-state index contributed by atoms with van der Waals surface area (Å²) < 4.78 is 1.95. The van der Waals surface area contributed by atoms with Gasteiger partial charge in [0.1, 0.15) is 5.82 Å². The maximum Gasteiger partial charge on any atom is 0.258 e. The number of carbonyl (C=O) groups excluding carboxylic acids is 1. The van der Waals surface area contributed by atoms with Crippen LogP contribution in [0, 0.1) is 0 Å². The van der Waals surface area contributed by atoms with Crippen LogP contribution in [0.3, 0.4) is 0 Å². The van der Waals surface area contributed by atoms with Crippen molar-refractivity contribution in [3.63, 3.8) is 0 Å². The molecule has 0 unspecified atom stereocenters. The molecule has 0 saturated heterocycles. The minimum Gasteiger partial charge on any atom is -0.350 e. The van der Waals surface area contributed by atoms with Crippen molar-refractivity contribution in [2.75, 3.05) is 6.54 Å². The summed E-state index contributed by atoms with van der Waals surface area (Å²) in [5.41, 5.74) is 2.10. The Morgan fingerprint density at radius 2 is 1.81 bits per heavy atom. The second kappa shape index (κ2) is 6.72. The van der Waals surface area contributed by atoms with Crippen LogP contribution in [-0.2, 0) is 13.6 Å². The van der Waals surface area contributed by atoms with Gasteiger partial charge in [-0.3, -0.25) is 9.59 Å². The molecule has 0 saturated carbocycles. The number of benzene rings is 2. The number of rotatable bonds is 4. The number of nitrogens with one attached hydrogen (secondary N) is 1. The quantitative estimate of drug-likeness (QED) is 0.608. The molecule has 0 aliphatic carbocycles. The number of fused-ring (bicyclic) bond motifs is 2. The molecule has 2 aromatic carbocycles. The summed E-state index contributed by atoms with van der Waals surface area (Å²) in [6.07, 6.45) is 1.85. The third-order valence-corrected chi connectivity index (χ3v) is 4.80. The summed E-state index contributed by atoms with van der Waals surface area (Å²) in [5, 5.41) is 1.47. The molecule has 136 valence electrons. The zero-order chi connectivity index (χ0) is 19.0. The van der Waals surface area contributed by atoms with Crippen molar-refractivity contribution in [1.29, 1.82) is 0 Å². The van der Waals surface area contributed by atoms with E-state index in [4.69, 9.17) is 0 Å². The van der Waals surface area contributed by atoms with Gasteiger partial charge in [0.2, 0.25) is 0 Å². The van der Waals surface area contributed by atoms with Crippen LogP contribution in [-0.4, -0.2) is 31.9 Å². The lowest BCUT2D eigenvalue weighted by Gasteiger charge is -2.20. The van der Waals surface area contributed by atoms with E-state index in [1.807, 2.05) is 55.1 Å². The van der Waals surface area contributed by atoms with E-state index in [2.05, 4.69) is 9.97 Å². The molecule has 4 aromatic rings. The number of aromatic amines is 1. The molecule has 0 spiro atoms. The van der Waals surface area contributed by atoms with Gasteiger partial charge in [0.15, 0.2) is 0 Å². The summed E-state index contributed by atoms with van der Waals surface area (Å²) in [5.74, 6) is 0.402. The number of hydrogen-bond acceptors (Lipinski definition) is 3. The number of carbonyl (C=O) groups is 1. The minimum absolute atomic E-state index is 0.0786. The fourth-order valence-corrected chi connectivity index (χ4v) is 3.40. The summed E-state index contributed by atoms with van der Waals surface area (Å²) >= 11 is 0. The SMILES string of the molecule is CCN(Cc1nc2ccccc2c(=O)[nH]1)C(=O)c1cn(C)c2ccccc12. The highest BCUT2D eigenvalue weighted by Gasteiger charge is 2.20. The molecule has 4 rings (SSSR count). The minimum atomic E-state index is -0.190. The Morgan fingerprint density at radius 3 is 2.59 bits per heavy atom. The van der Waals surface area contributed by atoms with Gasteiger partial charge in [-0.2, -0.15) is 0 Å². The Bertz CT molecular complexity index is 1210. The number of para-hydroxylation sites is 2. The monoisotopic (exact) mass is 360 g/mol. The van der Waals surface area contributed by atoms with Gasteiger partial charge in [-0.15, -0.1) is 0 Å². The maximum absolute atomic E-state index is 13.1. The van der Waals surface area contributed by atoms with Crippen molar-refractivity contribution < 1.29 is 4.79 Å². The fourth-order valence-electron chi connectivity index (χ4n) is 3.40. The molecule has 0 atom stereocenters. The normalized spacial score (nSPS) is 11.2. The van der Waals surface area contributed by atoms with Crippen molar-refractivity contribution in [3.05, 3.63) is 76.5 Å². The van der Waals surface area contributed by atoms with Gasteiger partial charge in [-0.25, -0.2) is 4.98 Å². The first-order chi connectivity index (χ1) is 13.1. The van der Waals surface area contributed by atoms with Gasteiger partial charge in [0.05, 0.1) is 23.0 Å². The summed E-state index contributed by atoms with van der Waals surface area (Å²) in [6.45, 7) is 2.68. The van der Waals surface area contributed by atoms with Crippen molar-refractivity contribution in [3.8, 4) is 0 Å². The highest BCUT2D eigenvalue weighted by atomic mass is 16.2. The molecule has 1 amide bonds. The Morgan fingerprint density at radius 1 is 1.11 bits per heavy atom. The molecule has 0 aliphatic rings. The molecule has 27 heavy (non-hydrogen) atoms. The molecular weight excluding hydrogens is 340 g/mol. The van der Waals surface area contributed by atoms with E-state index < -0.39 is 0 Å². The van der Waals surface area contributed by atoms with Gasteiger partial charge in [0, 0.05) is 30.7 Å². The molecule has 0 aliphatic heterocycles. The smallest absolute Gasteiger partial charge is 0.258 e. The highest BCUT2D eigenvalue weighted by molar-refractivity contribution is 6.06. The number of aromatic nitrogens is 3. The Labute approximate surface area is 156 Å². The third kappa shape index (κ3) is 2.99. The van der Waals surface area contributed by atoms with Crippen LogP contribution in [0.1, 0.15) is 23.1 Å². The lowest BCUT2D eigenvalue weighted by Crippen LogP contribution is -2.31. The third-order valence-electron chi connectivity index (χ3n) is 4.80. The summed E-state index contributed by atoms with van der Waals surface area (Å²) in [6, 6.07) is 15.0. The lowest BCUT2D eigenvalue weighted by molar-refractivity contribution is 0.0750. The first kappa shape index (κ1) is 17.0. The van der Waals surface area contributed by atoms with Gasteiger partial charge in [-0.05, 0) is 25.1 Å².